The molecule has 1 atom stereocenters. The number of hydrogen-bond acceptors (Lipinski definition) is 4. The normalized spacial score (nSPS) is 24.1. The van der Waals surface area contributed by atoms with Crippen molar-refractivity contribution in [1.29, 1.82) is 0 Å². The summed E-state index contributed by atoms with van der Waals surface area (Å²) < 4.78 is 0. The third-order valence-electron chi connectivity index (χ3n) is 4.29. The SMILES string of the molecule is OCCC1CN(c2ccc(Cl)cn2)CCN1CC1CC1. The monoisotopic (exact) mass is 295 g/mol. The molecule has 3 rings (SSSR count). The molecule has 1 aromatic heterocycles. The molecule has 2 aliphatic rings. The second-order valence-corrected chi connectivity index (χ2v) is 6.32. The van der Waals surface area contributed by atoms with Crippen molar-refractivity contribution in [1.82, 2.24) is 9.88 Å². The Morgan fingerprint density at radius 2 is 2.15 bits per heavy atom. The highest BCUT2D eigenvalue weighted by Crippen LogP contribution is 2.31. The van der Waals surface area contributed by atoms with Crippen molar-refractivity contribution in [2.45, 2.75) is 25.3 Å². The largest absolute Gasteiger partial charge is 0.396 e. The van der Waals surface area contributed by atoms with Gasteiger partial charge in [-0.25, -0.2) is 4.98 Å². The number of hydrogen-bond donors (Lipinski definition) is 1. The fourth-order valence-electron chi connectivity index (χ4n) is 2.95. The molecule has 20 heavy (non-hydrogen) atoms. The third kappa shape index (κ3) is 3.43. The van der Waals surface area contributed by atoms with Crippen LogP contribution in [0.15, 0.2) is 18.3 Å². The molecule has 1 N–H and O–H groups in total. The summed E-state index contributed by atoms with van der Waals surface area (Å²) in [7, 11) is 0. The first-order chi connectivity index (χ1) is 9.76. The molecule has 0 amide bonds. The predicted molar refractivity (Wildman–Crippen MR) is 81.2 cm³/mol. The summed E-state index contributed by atoms with van der Waals surface area (Å²) in [6.07, 6.45) is 5.31. The first kappa shape index (κ1) is 14.1. The number of anilines is 1. The summed E-state index contributed by atoms with van der Waals surface area (Å²) in [5.74, 6) is 1.89. The molecule has 2 heterocycles. The Morgan fingerprint density at radius 3 is 2.80 bits per heavy atom. The molecule has 0 radical (unpaired) electrons. The van der Waals surface area contributed by atoms with Gasteiger partial charge in [-0.2, -0.15) is 0 Å². The molecule has 2 fully saturated rings. The van der Waals surface area contributed by atoms with E-state index in [2.05, 4.69) is 14.8 Å². The van der Waals surface area contributed by atoms with Gasteiger partial charge in [-0.15, -0.1) is 0 Å². The van der Waals surface area contributed by atoms with Gasteiger partial charge >= 0.3 is 0 Å². The van der Waals surface area contributed by atoms with Crippen LogP contribution in [-0.4, -0.2) is 53.8 Å². The standard InChI is InChI=1S/C15H22ClN3O/c16-13-3-4-15(17-9-13)19-7-6-18(10-12-1-2-12)14(11-19)5-8-20/h3-4,9,12,14,20H,1-2,5-8,10-11H2. The minimum atomic E-state index is 0.258. The van der Waals surface area contributed by atoms with E-state index in [1.54, 1.807) is 6.20 Å². The van der Waals surface area contributed by atoms with Gasteiger partial charge in [0.15, 0.2) is 0 Å². The Balaban J connectivity index is 1.65. The van der Waals surface area contributed by atoms with Gasteiger partial charge in [-0.05, 0) is 37.3 Å². The van der Waals surface area contributed by atoms with Crippen molar-refractivity contribution in [2.75, 3.05) is 37.7 Å². The van der Waals surface area contributed by atoms with Crippen LogP contribution in [0, 0.1) is 5.92 Å². The first-order valence-electron chi connectivity index (χ1n) is 7.47. The first-order valence-corrected chi connectivity index (χ1v) is 7.85. The number of rotatable bonds is 5. The number of nitrogens with zero attached hydrogens (tertiary/aromatic N) is 3. The van der Waals surface area contributed by atoms with Gasteiger partial charge in [0.25, 0.3) is 0 Å². The summed E-state index contributed by atoms with van der Waals surface area (Å²) >= 11 is 5.89. The van der Waals surface area contributed by atoms with Crippen LogP contribution >= 0.6 is 11.6 Å². The van der Waals surface area contributed by atoms with Crippen molar-refractivity contribution < 1.29 is 5.11 Å². The Hall–Kier alpha value is -0.840. The minimum Gasteiger partial charge on any atom is -0.396 e. The Bertz CT molecular complexity index is 435. The highest BCUT2D eigenvalue weighted by Gasteiger charge is 2.32. The van der Waals surface area contributed by atoms with Gasteiger partial charge in [0.1, 0.15) is 5.82 Å². The molecule has 0 bridgehead atoms. The van der Waals surface area contributed by atoms with E-state index in [-0.39, 0.29) is 6.61 Å². The molecule has 1 aromatic rings. The molecule has 1 aliphatic carbocycles. The maximum absolute atomic E-state index is 9.30. The van der Waals surface area contributed by atoms with E-state index >= 15 is 0 Å². The van der Waals surface area contributed by atoms with Crippen molar-refractivity contribution in [2.24, 2.45) is 5.92 Å². The van der Waals surface area contributed by atoms with Crippen molar-refractivity contribution >= 4 is 17.4 Å². The second-order valence-electron chi connectivity index (χ2n) is 5.89. The van der Waals surface area contributed by atoms with Crippen LogP contribution in [0.2, 0.25) is 5.02 Å². The number of pyridine rings is 1. The average Bonchev–Trinajstić information content (AvgIpc) is 3.26. The van der Waals surface area contributed by atoms with Gasteiger partial charge in [0.05, 0.1) is 5.02 Å². The van der Waals surface area contributed by atoms with Gasteiger partial charge in [-0.1, -0.05) is 11.6 Å². The lowest BCUT2D eigenvalue weighted by Crippen LogP contribution is -2.54. The van der Waals surface area contributed by atoms with Crippen molar-refractivity contribution in [3.8, 4) is 0 Å². The van der Waals surface area contributed by atoms with Gasteiger partial charge in [0, 0.05) is 45.0 Å². The molecule has 1 saturated heterocycles. The second kappa shape index (κ2) is 6.29. The summed E-state index contributed by atoms with van der Waals surface area (Å²) in [6, 6.07) is 4.31. The van der Waals surface area contributed by atoms with Crippen LogP contribution in [0.3, 0.4) is 0 Å². The van der Waals surface area contributed by atoms with Gasteiger partial charge in [-0.3, -0.25) is 4.90 Å². The third-order valence-corrected chi connectivity index (χ3v) is 4.52. The smallest absolute Gasteiger partial charge is 0.128 e. The summed E-state index contributed by atoms with van der Waals surface area (Å²) in [6.45, 7) is 4.47. The van der Waals surface area contributed by atoms with Crippen LogP contribution in [0.1, 0.15) is 19.3 Å². The van der Waals surface area contributed by atoms with Crippen LogP contribution in [-0.2, 0) is 0 Å². The lowest BCUT2D eigenvalue weighted by molar-refractivity contribution is 0.137. The van der Waals surface area contributed by atoms with Gasteiger partial charge in [0.2, 0.25) is 0 Å². The van der Waals surface area contributed by atoms with Crippen molar-refractivity contribution in [3.63, 3.8) is 0 Å². The lowest BCUT2D eigenvalue weighted by atomic mass is 10.1. The highest BCUT2D eigenvalue weighted by molar-refractivity contribution is 6.30. The molecule has 0 aromatic carbocycles. The van der Waals surface area contributed by atoms with E-state index in [1.807, 2.05) is 12.1 Å². The van der Waals surface area contributed by atoms with E-state index in [4.69, 9.17) is 11.6 Å². The Morgan fingerprint density at radius 1 is 1.30 bits per heavy atom. The van der Waals surface area contributed by atoms with E-state index in [1.165, 1.54) is 19.4 Å². The quantitative estimate of drug-likeness (QED) is 0.902. The number of halogens is 1. The lowest BCUT2D eigenvalue weighted by Gasteiger charge is -2.42. The zero-order chi connectivity index (χ0) is 13.9. The Labute approximate surface area is 125 Å². The van der Waals surface area contributed by atoms with Crippen LogP contribution < -0.4 is 4.90 Å². The number of aliphatic hydroxyl groups excluding tert-OH is 1. The average molecular weight is 296 g/mol. The summed E-state index contributed by atoms with van der Waals surface area (Å²) in [5, 5.41) is 9.98. The molecular formula is C15H22ClN3O. The zero-order valence-electron chi connectivity index (χ0n) is 11.7. The van der Waals surface area contributed by atoms with Crippen LogP contribution in [0.4, 0.5) is 5.82 Å². The van der Waals surface area contributed by atoms with E-state index in [0.717, 1.165) is 37.8 Å². The van der Waals surface area contributed by atoms with E-state index in [0.29, 0.717) is 11.1 Å². The number of piperazine rings is 1. The molecular weight excluding hydrogens is 274 g/mol. The number of aliphatic hydroxyl groups is 1. The van der Waals surface area contributed by atoms with Crippen LogP contribution in [0.5, 0.6) is 0 Å². The number of aromatic nitrogens is 1. The zero-order valence-corrected chi connectivity index (χ0v) is 12.5. The molecule has 1 saturated carbocycles. The molecule has 0 spiro atoms. The molecule has 1 aliphatic heterocycles. The molecule has 110 valence electrons. The predicted octanol–water partition coefficient (Wildman–Crippen LogP) is 2.02. The van der Waals surface area contributed by atoms with Gasteiger partial charge < -0.3 is 10.0 Å². The molecule has 4 nitrogen and oxygen atoms in total. The van der Waals surface area contributed by atoms with Crippen molar-refractivity contribution in [3.05, 3.63) is 23.4 Å². The maximum Gasteiger partial charge on any atom is 0.128 e. The summed E-state index contributed by atoms with van der Waals surface area (Å²) in [4.78, 5) is 9.27. The highest BCUT2D eigenvalue weighted by atomic mass is 35.5. The topological polar surface area (TPSA) is 39.6 Å². The fraction of sp³-hybridized carbons (Fsp3) is 0.667. The van der Waals surface area contributed by atoms with E-state index < -0.39 is 0 Å². The van der Waals surface area contributed by atoms with Crippen LogP contribution in [0.25, 0.3) is 0 Å². The fourth-order valence-corrected chi connectivity index (χ4v) is 3.06. The maximum atomic E-state index is 9.30. The van der Waals surface area contributed by atoms with E-state index in [9.17, 15) is 5.11 Å². The summed E-state index contributed by atoms with van der Waals surface area (Å²) in [5.41, 5.74) is 0. The molecule has 5 heteroatoms. The molecule has 1 unspecified atom stereocenters. The Kier molecular flexibility index (Phi) is 4.44. The minimum absolute atomic E-state index is 0.258.